The Morgan fingerprint density at radius 3 is 2.55 bits per heavy atom. The molecule has 0 radical (unpaired) electrons. The number of pyridine rings is 2. The molecule has 8 nitrogen and oxygen atoms in total. The van der Waals surface area contributed by atoms with Gasteiger partial charge in [-0.05, 0) is 0 Å². The number of benzene rings is 1. The Morgan fingerprint density at radius 2 is 1.85 bits per heavy atom. The van der Waals surface area contributed by atoms with E-state index in [1.54, 1.807) is 44.6 Å². The number of anilines is 2. The summed E-state index contributed by atoms with van der Waals surface area (Å²) in [5, 5.41) is 8.02. The summed E-state index contributed by atoms with van der Waals surface area (Å²) < 4.78 is 65.0. The van der Waals surface area contributed by atoms with Crippen LogP contribution >= 0.6 is 0 Å². The van der Waals surface area contributed by atoms with Crippen molar-refractivity contribution >= 4 is 53.1 Å². The molecule has 0 bridgehead atoms. The summed E-state index contributed by atoms with van der Waals surface area (Å²) in [6.07, 6.45) is 1.76. The van der Waals surface area contributed by atoms with Crippen molar-refractivity contribution in [3.05, 3.63) is 66.8 Å². The normalized spacial score (nSPS) is 12.7. The molecule has 4 rings (SSSR count). The van der Waals surface area contributed by atoms with Gasteiger partial charge in [-0.25, -0.2) is 0 Å². The van der Waals surface area contributed by atoms with Crippen molar-refractivity contribution in [1.29, 1.82) is 0 Å². The van der Waals surface area contributed by atoms with Crippen molar-refractivity contribution in [2.24, 2.45) is 5.92 Å². The predicted molar refractivity (Wildman–Crippen MR) is 143 cm³/mol. The third-order valence-corrected chi connectivity index (χ3v) is 7.67. The van der Waals surface area contributed by atoms with Gasteiger partial charge in [0.15, 0.2) is 0 Å². The molecule has 1 unspecified atom stereocenters. The topological polar surface area (TPSA) is 112 Å². The van der Waals surface area contributed by atoms with E-state index in [0.717, 1.165) is 12.1 Å². The Kier molecular flexibility index (Phi) is 8.72. The molecule has 2 atom stereocenters. The van der Waals surface area contributed by atoms with Gasteiger partial charge in [0.25, 0.3) is 0 Å². The number of hydrogen-bond acceptors (Lipinski definition) is 5. The molecular weight excluding hydrogens is 598 g/mol. The van der Waals surface area contributed by atoms with E-state index in [1.807, 2.05) is 5.32 Å². The van der Waals surface area contributed by atoms with Crippen molar-refractivity contribution in [1.82, 2.24) is 20.3 Å². The standard InChI is InChI=1S/C26H24AsF5N6O2/c1-13(2)22(24(39)36-12-26(30,31)32)37-17-5-14(8-33-10-17)19-11-35-23-18(19)6-15(9-34-23)27-25(40)38-21-4-3-16(28)7-20(21)29/h3-11,13,22,27,37H,12H2,1-2H3,(H,34,35)(H,36,39)(H,38,40)/t22-/m0/s1. The van der Waals surface area contributed by atoms with Crippen LogP contribution in [-0.2, 0) is 4.79 Å². The Labute approximate surface area is 231 Å². The van der Waals surface area contributed by atoms with Crippen molar-refractivity contribution < 1.29 is 31.5 Å². The molecule has 0 saturated heterocycles. The van der Waals surface area contributed by atoms with Gasteiger partial charge in [-0.1, -0.05) is 0 Å². The van der Waals surface area contributed by atoms with E-state index in [-0.39, 0.29) is 11.6 Å². The van der Waals surface area contributed by atoms with Crippen LogP contribution in [0.2, 0.25) is 0 Å². The molecule has 3 aromatic heterocycles. The quantitative estimate of drug-likeness (QED) is 0.164. The molecule has 2 amide bonds. The number of rotatable bonds is 9. The Balaban J connectivity index is 1.52. The number of nitrogens with one attached hydrogen (secondary N) is 4. The van der Waals surface area contributed by atoms with E-state index in [0.29, 0.717) is 38.3 Å². The number of aromatic nitrogens is 3. The van der Waals surface area contributed by atoms with Gasteiger partial charge >= 0.3 is 219 Å². The first kappa shape index (κ1) is 29.0. The van der Waals surface area contributed by atoms with Crippen LogP contribution in [0.25, 0.3) is 22.2 Å². The van der Waals surface area contributed by atoms with Crippen LogP contribution in [0.4, 0.5) is 38.1 Å². The van der Waals surface area contributed by atoms with Gasteiger partial charge in [-0.2, -0.15) is 13.2 Å². The average Bonchev–Trinajstić information content (AvgIpc) is 3.30. The van der Waals surface area contributed by atoms with Gasteiger partial charge in [0, 0.05) is 0 Å². The number of fused-ring (bicyclic) bond motifs is 1. The fourth-order valence-electron chi connectivity index (χ4n) is 3.86. The van der Waals surface area contributed by atoms with E-state index < -0.39 is 56.8 Å². The van der Waals surface area contributed by atoms with Crippen LogP contribution in [-0.4, -0.2) is 60.1 Å². The number of carbonyl (C=O) groups excluding carboxylic acids is 2. The maximum absolute atomic E-state index is 13.9. The second kappa shape index (κ2) is 12.0. The second-order valence-electron chi connectivity index (χ2n) is 9.19. The van der Waals surface area contributed by atoms with E-state index in [1.165, 1.54) is 6.20 Å². The summed E-state index contributed by atoms with van der Waals surface area (Å²) in [5.74, 6) is -2.74. The molecule has 4 N–H and O–H groups in total. The molecule has 0 aliphatic heterocycles. The van der Waals surface area contributed by atoms with Crippen LogP contribution < -0.4 is 20.3 Å². The number of aromatic amines is 1. The van der Waals surface area contributed by atoms with Crippen LogP contribution in [0.3, 0.4) is 0 Å². The number of nitrogens with zero attached hydrogens (tertiary/aromatic N) is 2. The molecular formula is C26H24AsF5N6O2. The minimum absolute atomic E-state index is 0.117. The summed E-state index contributed by atoms with van der Waals surface area (Å²) in [5.41, 5.74) is 2.17. The van der Waals surface area contributed by atoms with E-state index >= 15 is 0 Å². The number of alkyl halides is 3. The molecule has 0 aliphatic rings. The molecule has 0 saturated carbocycles. The Hall–Kier alpha value is -3.99. The minimum Gasteiger partial charge on any atom is -0.169 e. The van der Waals surface area contributed by atoms with Gasteiger partial charge in [0.2, 0.25) is 0 Å². The SMILES string of the molecule is CC(C)[C@H](Nc1cncc(-c2c[nH]c3ncc([AsH]C(=O)Nc4ccc(F)cc4F)cc23)c1)C(=O)NCC(F)(F)F. The summed E-state index contributed by atoms with van der Waals surface area (Å²) in [4.78, 5) is 36.6. The van der Waals surface area contributed by atoms with E-state index in [2.05, 4.69) is 25.6 Å². The van der Waals surface area contributed by atoms with Gasteiger partial charge in [-0.3, -0.25) is 0 Å². The smallest absolute Gasteiger partial charge is 0.169 e. The molecule has 0 spiro atoms. The molecule has 14 heteroatoms. The van der Waals surface area contributed by atoms with Crippen molar-refractivity contribution in [2.75, 3.05) is 17.2 Å². The average molecular weight is 622 g/mol. The zero-order chi connectivity index (χ0) is 29.0. The zero-order valence-electron chi connectivity index (χ0n) is 21.2. The van der Waals surface area contributed by atoms with Gasteiger partial charge in [0.1, 0.15) is 0 Å². The number of halogens is 5. The second-order valence-corrected chi connectivity index (χ2v) is 11.9. The minimum atomic E-state index is -4.53. The molecule has 3 heterocycles. The van der Waals surface area contributed by atoms with Crippen LogP contribution in [0.5, 0.6) is 0 Å². The third-order valence-electron chi connectivity index (χ3n) is 5.75. The molecule has 1 aromatic carbocycles. The van der Waals surface area contributed by atoms with E-state index in [4.69, 9.17) is 0 Å². The first-order valence-electron chi connectivity index (χ1n) is 12.0. The number of H-pyrrole nitrogens is 1. The number of carbonyl (C=O) groups is 2. The monoisotopic (exact) mass is 622 g/mol. The van der Waals surface area contributed by atoms with Gasteiger partial charge in [0.05, 0.1) is 0 Å². The Morgan fingerprint density at radius 1 is 1.07 bits per heavy atom. The van der Waals surface area contributed by atoms with Crippen LogP contribution in [0.15, 0.2) is 55.1 Å². The van der Waals surface area contributed by atoms with Crippen molar-refractivity contribution in [2.45, 2.75) is 26.1 Å². The van der Waals surface area contributed by atoms with Crippen LogP contribution in [0.1, 0.15) is 13.8 Å². The summed E-state index contributed by atoms with van der Waals surface area (Å²) in [6, 6.07) is 5.44. The number of amides is 2. The first-order chi connectivity index (χ1) is 18.9. The third kappa shape index (κ3) is 7.35. The summed E-state index contributed by atoms with van der Waals surface area (Å²) >= 11 is -1.47. The molecule has 0 aliphatic carbocycles. The molecule has 210 valence electrons. The maximum atomic E-state index is 13.9. The zero-order valence-corrected chi connectivity index (χ0v) is 23.3. The van der Waals surface area contributed by atoms with Gasteiger partial charge < -0.3 is 0 Å². The summed E-state index contributed by atoms with van der Waals surface area (Å²) in [7, 11) is 0. The molecule has 40 heavy (non-hydrogen) atoms. The number of hydrogen-bond donors (Lipinski definition) is 4. The molecule has 0 fully saturated rings. The fourth-order valence-corrected chi connectivity index (χ4v) is 5.55. The van der Waals surface area contributed by atoms with Gasteiger partial charge in [-0.15, -0.1) is 0 Å². The van der Waals surface area contributed by atoms with Crippen molar-refractivity contribution in [3.63, 3.8) is 0 Å². The fraction of sp³-hybridized carbons (Fsp3) is 0.231. The first-order valence-corrected chi connectivity index (χ1v) is 14.1. The predicted octanol–water partition coefficient (Wildman–Crippen LogP) is 4.31. The van der Waals surface area contributed by atoms with Crippen molar-refractivity contribution in [3.8, 4) is 11.1 Å². The summed E-state index contributed by atoms with van der Waals surface area (Å²) in [6.45, 7) is 1.98. The van der Waals surface area contributed by atoms with Crippen LogP contribution in [0, 0.1) is 17.6 Å². The van der Waals surface area contributed by atoms with E-state index in [9.17, 15) is 31.5 Å². The Bertz CT molecular complexity index is 1540. The molecule has 4 aromatic rings.